The van der Waals surface area contributed by atoms with Gasteiger partial charge in [-0.1, -0.05) is 11.6 Å². The Balaban J connectivity index is 1.36. The monoisotopic (exact) mass is 384 g/mol. The van der Waals surface area contributed by atoms with E-state index >= 15 is 0 Å². The maximum atomic E-state index is 5.26. The Morgan fingerprint density at radius 3 is 2.74 bits per heavy atom. The van der Waals surface area contributed by atoms with Gasteiger partial charge in [-0.3, -0.25) is 4.90 Å². The molecule has 0 radical (unpaired) electrons. The lowest BCUT2D eigenvalue weighted by Gasteiger charge is -2.35. The number of aryl methyl sites for hydroxylation is 3. The van der Waals surface area contributed by atoms with Crippen molar-refractivity contribution in [2.45, 2.75) is 45.6 Å². The zero-order valence-electron chi connectivity index (χ0n) is 15.6. The first-order valence-corrected chi connectivity index (χ1v) is 10.6. The van der Waals surface area contributed by atoms with Crippen molar-refractivity contribution in [2.24, 2.45) is 0 Å². The number of fused-ring (bicyclic) bond motifs is 3. The first-order chi connectivity index (χ1) is 13.3. The van der Waals surface area contributed by atoms with Gasteiger partial charge in [-0.2, -0.15) is 4.98 Å². The van der Waals surface area contributed by atoms with E-state index in [4.69, 9.17) is 9.51 Å². The van der Waals surface area contributed by atoms with Gasteiger partial charge in [0.1, 0.15) is 17.0 Å². The van der Waals surface area contributed by atoms with E-state index in [9.17, 15) is 0 Å². The highest BCUT2D eigenvalue weighted by atomic mass is 32.1. The van der Waals surface area contributed by atoms with E-state index in [0.29, 0.717) is 11.7 Å². The number of nitrogens with zero attached hydrogens (tertiary/aromatic N) is 6. The third-order valence-corrected chi connectivity index (χ3v) is 6.78. The van der Waals surface area contributed by atoms with E-state index in [1.165, 1.54) is 47.9 Å². The summed E-state index contributed by atoms with van der Waals surface area (Å²) in [7, 11) is 0. The quantitative estimate of drug-likeness (QED) is 0.643. The first kappa shape index (κ1) is 17.1. The minimum Gasteiger partial charge on any atom is -0.353 e. The van der Waals surface area contributed by atoms with Gasteiger partial charge in [-0.15, -0.1) is 11.3 Å². The third kappa shape index (κ3) is 3.32. The summed E-state index contributed by atoms with van der Waals surface area (Å²) >= 11 is 1.88. The fourth-order valence-electron chi connectivity index (χ4n) is 4.20. The van der Waals surface area contributed by atoms with Crippen molar-refractivity contribution in [2.75, 3.05) is 31.1 Å². The second kappa shape index (κ2) is 7.16. The number of hydrogen-bond donors (Lipinski definition) is 0. The van der Waals surface area contributed by atoms with Crippen LogP contribution in [0.5, 0.6) is 0 Å². The molecule has 1 aliphatic carbocycles. The molecule has 0 atom stereocenters. The molecule has 4 heterocycles. The highest BCUT2D eigenvalue weighted by Gasteiger charge is 2.25. The average molecular weight is 385 g/mol. The molecule has 3 aromatic heterocycles. The second-order valence-electron chi connectivity index (χ2n) is 7.44. The molecule has 0 spiro atoms. The highest BCUT2D eigenvalue weighted by molar-refractivity contribution is 7.18. The number of piperazine rings is 1. The molecular formula is C19H24N6OS. The molecule has 1 aliphatic heterocycles. The Kier molecular flexibility index (Phi) is 4.53. The summed E-state index contributed by atoms with van der Waals surface area (Å²) in [6.07, 6.45) is 8.03. The Labute approximate surface area is 162 Å². The van der Waals surface area contributed by atoms with Gasteiger partial charge in [0.05, 0.1) is 11.9 Å². The van der Waals surface area contributed by atoms with Crippen LogP contribution in [-0.4, -0.2) is 51.2 Å². The lowest BCUT2D eigenvalue weighted by atomic mass is 10.1. The molecule has 7 nitrogen and oxygen atoms in total. The maximum absolute atomic E-state index is 5.26. The Hall–Kier alpha value is -2.06. The topological polar surface area (TPSA) is 71.2 Å². The molecule has 0 bridgehead atoms. The van der Waals surface area contributed by atoms with Crippen LogP contribution < -0.4 is 4.90 Å². The summed E-state index contributed by atoms with van der Waals surface area (Å²) in [5.74, 6) is 2.53. The van der Waals surface area contributed by atoms with Gasteiger partial charge >= 0.3 is 0 Å². The minimum absolute atomic E-state index is 0.699. The Morgan fingerprint density at radius 1 is 1.07 bits per heavy atom. The maximum Gasteiger partial charge on any atom is 0.240 e. The van der Waals surface area contributed by atoms with Gasteiger partial charge < -0.3 is 9.42 Å². The number of hydrogen-bond acceptors (Lipinski definition) is 8. The number of rotatable bonds is 3. The van der Waals surface area contributed by atoms with Crippen LogP contribution in [0.4, 0.5) is 5.82 Å². The molecule has 0 aromatic carbocycles. The number of thiophene rings is 1. The lowest BCUT2D eigenvalue weighted by Crippen LogP contribution is -2.46. The van der Waals surface area contributed by atoms with Crippen molar-refractivity contribution < 1.29 is 4.52 Å². The van der Waals surface area contributed by atoms with E-state index in [0.717, 1.165) is 43.4 Å². The van der Waals surface area contributed by atoms with Crippen LogP contribution in [-0.2, 0) is 19.4 Å². The Morgan fingerprint density at radius 2 is 1.93 bits per heavy atom. The summed E-state index contributed by atoms with van der Waals surface area (Å²) in [6.45, 7) is 6.45. The SMILES string of the molecule is Cc1noc(CN2CCN(c3ncnc4sc5c(c34)CCCCC5)CC2)n1. The zero-order valence-corrected chi connectivity index (χ0v) is 16.5. The summed E-state index contributed by atoms with van der Waals surface area (Å²) in [6, 6.07) is 0. The molecule has 27 heavy (non-hydrogen) atoms. The van der Waals surface area contributed by atoms with Gasteiger partial charge in [-0.25, -0.2) is 9.97 Å². The smallest absolute Gasteiger partial charge is 0.240 e. The molecule has 3 aromatic rings. The molecular weight excluding hydrogens is 360 g/mol. The molecule has 1 fully saturated rings. The molecule has 142 valence electrons. The number of aromatic nitrogens is 4. The van der Waals surface area contributed by atoms with Crippen LogP contribution in [0.1, 0.15) is 41.4 Å². The van der Waals surface area contributed by atoms with Crippen LogP contribution in [0.15, 0.2) is 10.9 Å². The van der Waals surface area contributed by atoms with Crippen LogP contribution in [0, 0.1) is 6.92 Å². The molecule has 0 amide bonds. The standard InChI is InChI=1S/C19H24N6OS/c1-13-22-16(26-23-13)11-24-7-9-25(10-8-24)18-17-14-5-3-2-4-6-15(14)27-19(17)21-12-20-18/h12H,2-11H2,1H3. The largest absolute Gasteiger partial charge is 0.353 e. The fraction of sp³-hybridized carbons (Fsp3) is 0.579. The minimum atomic E-state index is 0.699. The van der Waals surface area contributed by atoms with Gasteiger partial charge in [0.25, 0.3) is 0 Å². The molecule has 0 saturated carbocycles. The van der Waals surface area contributed by atoms with Gasteiger partial charge in [0.2, 0.25) is 5.89 Å². The number of anilines is 1. The van der Waals surface area contributed by atoms with E-state index in [1.54, 1.807) is 6.33 Å². The van der Waals surface area contributed by atoms with Gasteiger partial charge in [0, 0.05) is 31.1 Å². The van der Waals surface area contributed by atoms with Crippen molar-refractivity contribution in [3.8, 4) is 0 Å². The van der Waals surface area contributed by atoms with Gasteiger partial charge in [0.15, 0.2) is 5.82 Å². The average Bonchev–Trinajstić information content (AvgIpc) is 3.17. The fourth-order valence-corrected chi connectivity index (χ4v) is 5.43. The zero-order chi connectivity index (χ0) is 18.2. The van der Waals surface area contributed by atoms with Crippen LogP contribution >= 0.6 is 11.3 Å². The van der Waals surface area contributed by atoms with Crippen molar-refractivity contribution in [3.63, 3.8) is 0 Å². The first-order valence-electron chi connectivity index (χ1n) is 9.79. The Bertz CT molecular complexity index is 943. The highest BCUT2D eigenvalue weighted by Crippen LogP contribution is 2.38. The predicted octanol–water partition coefficient (Wildman–Crippen LogP) is 2.97. The molecule has 5 rings (SSSR count). The molecule has 0 N–H and O–H groups in total. The van der Waals surface area contributed by atoms with E-state index in [2.05, 4.69) is 24.9 Å². The molecule has 0 unspecified atom stereocenters. The van der Waals surface area contributed by atoms with E-state index < -0.39 is 0 Å². The van der Waals surface area contributed by atoms with Crippen LogP contribution in [0.2, 0.25) is 0 Å². The van der Waals surface area contributed by atoms with Crippen molar-refractivity contribution >= 4 is 27.4 Å². The van der Waals surface area contributed by atoms with Gasteiger partial charge in [-0.05, 0) is 38.2 Å². The lowest BCUT2D eigenvalue weighted by molar-refractivity contribution is 0.215. The van der Waals surface area contributed by atoms with Crippen molar-refractivity contribution in [1.29, 1.82) is 0 Å². The van der Waals surface area contributed by atoms with E-state index in [-0.39, 0.29) is 0 Å². The summed E-state index contributed by atoms with van der Waals surface area (Å²) in [5.41, 5.74) is 1.52. The van der Waals surface area contributed by atoms with Crippen LogP contribution in [0.25, 0.3) is 10.2 Å². The normalized spacial score (nSPS) is 18.6. The molecule has 8 heteroatoms. The van der Waals surface area contributed by atoms with E-state index in [1.807, 2.05) is 18.3 Å². The molecule has 1 saturated heterocycles. The van der Waals surface area contributed by atoms with Crippen LogP contribution in [0.3, 0.4) is 0 Å². The third-order valence-electron chi connectivity index (χ3n) is 5.58. The summed E-state index contributed by atoms with van der Waals surface area (Å²) in [4.78, 5) is 21.1. The van der Waals surface area contributed by atoms with Crippen molar-refractivity contribution in [1.82, 2.24) is 25.0 Å². The summed E-state index contributed by atoms with van der Waals surface area (Å²) < 4.78 is 5.26. The second-order valence-corrected chi connectivity index (χ2v) is 8.52. The van der Waals surface area contributed by atoms with Crippen molar-refractivity contribution in [3.05, 3.63) is 28.5 Å². The predicted molar refractivity (Wildman–Crippen MR) is 105 cm³/mol. The summed E-state index contributed by atoms with van der Waals surface area (Å²) in [5, 5.41) is 5.20. The molecule has 2 aliphatic rings.